The van der Waals surface area contributed by atoms with Gasteiger partial charge in [-0.2, -0.15) is 0 Å². The van der Waals surface area contributed by atoms with E-state index in [9.17, 15) is 14.3 Å². The smallest absolute Gasteiger partial charge is 0.334 e. The normalized spacial score (nSPS) is 13.5. The second kappa shape index (κ2) is 6.26. The molecule has 0 bridgehead atoms. The predicted octanol–water partition coefficient (Wildman–Crippen LogP) is 4.39. The molecule has 2 aromatic carbocycles. The Morgan fingerprint density at radius 3 is 2.57 bits per heavy atom. The van der Waals surface area contributed by atoms with Gasteiger partial charge in [-0.25, -0.2) is 9.18 Å². The summed E-state index contributed by atoms with van der Waals surface area (Å²) in [6.07, 6.45) is 0.276. The molecule has 0 radical (unpaired) electrons. The molecule has 0 spiro atoms. The second-order valence-electron chi connectivity index (χ2n) is 4.71. The minimum atomic E-state index is -1.37. The molecule has 0 aliphatic heterocycles. The molecule has 1 atom stereocenters. The van der Waals surface area contributed by atoms with Crippen LogP contribution in [0.3, 0.4) is 0 Å². The van der Waals surface area contributed by atoms with E-state index in [1.54, 1.807) is 31.2 Å². The van der Waals surface area contributed by atoms with Crippen LogP contribution in [0.1, 0.15) is 18.9 Å². The topological polar surface area (TPSA) is 49.3 Å². The molecule has 0 aliphatic carbocycles. The molecule has 0 heterocycles. The van der Waals surface area contributed by atoms with Crippen LogP contribution in [0.5, 0.6) is 0 Å². The molecule has 0 saturated carbocycles. The lowest BCUT2D eigenvalue weighted by molar-refractivity contribution is -0.142. The van der Waals surface area contributed by atoms with Gasteiger partial charge < -0.3 is 10.4 Å². The fourth-order valence-electron chi connectivity index (χ4n) is 2.26. The van der Waals surface area contributed by atoms with E-state index in [1.165, 1.54) is 18.2 Å². The number of benzene rings is 2. The van der Waals surface area contributed by atoms with Crippen molar-refractivity contribution in [2.24, 2.45) is 0 Å². The molecule has 3 nitrogen and oxygen atoms in total. The van der Waals surface area contributed by atoms with Crippen LogP contribution < -0.4 is 5.32 Å². The molecule has 0 amide bonds. The third-order valence-electron chi connectivity index (χ3n) is 3.40. The Hall–Kier alpha value is -1.88. The van der Waals surface area contributed by atoms with Gasteiger partial charge in [-0.3, -0.25) is 0 Å². The predicted molar refractivity (Wildman–Crippen MR) is 83.8 cm³/mol. The summed E-state index contributed by atoms with van der Waals surface area (Å²) in [5.74, 6) is -1.50. The summed E-state index contributed by atoms with van der Waals surface area (Å²) in [7, 11) is 0. The number of carboxylic acid groups (broad SMARTS) is 1. The Labute approximate surface area is 130 Å². The van der Waals surface area contributed by atoms with Crippen molar-refractivity contribution in [3.05, 3.63) is 64.4 Å². The molecule has 0 fully saturated rings. The number of nitrogens with one attached hydrogen (secondary N) is 1. The van der Waals surface area contributed by atoms with Crippen LogP contribution in [0.2, 0.25) is 0 Å². The van der Waals surface area contributed by atoms with Crippen LogP contribution in [-0.2, 0) is 10.3 Å². The van der Waals surface area contributed by atoms with Crippen LogP contribution in [-0.4, -0.2) is 11.1 Å². The molecule has 2 rings (SSSR count). The van der Waals surface area contributed by atoms with Crippen molar-refractivity contribution in [2.75, 3.05) is 5.32 Å². The summed E-state index contributed by atoms with van der Waals surface area (Å²) in [5, 5.41) is 12.7. The van der Waals surface area contributed by atoms with Crippen molar-refractivity contribution < 1.29 is 14.3 Å². The van der Waals surface area contributed by atoms with E-state index < -0.39 is 17.3 Å². The van der Waals surface area contributed by atoms with Crippen LogP contribution in [0, 0.1) is 5.82 Å². The maximum absolute atomic E-state index is 13.5. The minimum absolute atomic E-state index is 0.276. The second-order valence-corrected chi connectivity index (χ2v) is 5.63. The highest BCUT2D eigenvalue weighted by Gasteiger charge is 2.39. The van der Waals surface area contributed by atoms with Gasteiger partial charge in [-0.1, -0.05) is 41.1 Å². The van der Waals surface area contributed by atoms with Gasteiger partial charge in [0.15, 0.2) is 5.54 Å². The number of hydrogen-bond donors (Lipinski definition) is 2. The van der Waals surface area contributed by atoms with Gasteiger partial charge in [-0.15, -0.1) is 0 Å². The van der Waals surface area contributed by atoms with Gasteiger partial charge in [0.2, 0.25) is 0 Å². The van der Waals surface area contributed by atoms with Crippen molar-refractivity contribution in [2.45, 2.75) is 18.9 Å². The number of aliphatic carboxylic acids is 1. The number of carboxylic acids is 1. The average molecular weight is 352 g/mol. The Bertz CT molecular complexity index is 662. The first-order valence-electron chi connectivity index (χ1n) is 6.51. The summed E-state index contributed by atoms with van der Waals surface area (Å²) in [6.45, 7) is 1.75. The maximum Gasteiger partial charge on any atom is 0.334 e. The Kier molecular flexibility index (Phi) is 4.63. The van der Waals surface area contributed by atoms with Gasteiger partial charge in [-0.05, 0) is 42.3 Å². The van der Waals surface area contributed by atoms with Crippen molar-refractivity contribution in [3.8, 4) is 0 Å². The summed E-state index contributed by atoms with van der Waals surface area (Å²) >= 11 is 3.35. The molecule has 0 saturated heterocycles. The lowest BCUT2D eigenvalue weighted by Crippen LogP contribution is -2.43. The summed E-state index contributed by atoms with van der Waals surface area (Å²) in [4.78, 5) is 11.9. The van der Waals surface area contributed by atoms with E-state index in [0.29, 0.717) is 11.3 Å². The standard InChI is InChI=1S/C16H15BrFNO2/c1-2-16(15(20)21,11-5-3-7-13(18)9-11)19-14-8-4-6-12(17)10-14/h3-10,19H,2H2,1H3,(H,20,21). The lowest BCUT2D eigenvalue weighted by Gasteiger charge is -2.31. The average Bonchev–Trinajstić information content (AvgIpc) is 2.44. The first-order valence-corrected chi connectivity index (χ1v) is 7.30. The first-order chi connectivity index (χ1) is 9.98. The van der Waals surface area contributed by atoms with Crippen molar-refractivity contribution >= 4 is 27.6 Å². The first kappa shape index (κ1) is 15.5. The quantitative estimate of drug-likeness (QED) is 0.839. The number of anilines is 1. The molecule has 110 valence electrons. The van der Waals surface area contributed by atoms with Crippen molar-refractivity contribution in [3.63, 3.8) is 0 Å². The van der Waals surface area contributed by atoms with Gasteiger partial charge in [0.25, 0.3) is 0 Å². The summed E-state index contributed by atoms with van der Waals surface area (Å²) in [6, 6.07) is 12.9. The SMILES string of the molecule is CCC(Nc1cccc(Br)c1)(C(=O)O)c1cccc(F)c1. The number of halogens is 2. The van der Waals surface area contributed by atoms with Gasteiger partial charge in [0.1, 0.15) is 5.82 Å². The maximum atomic E-state index is 13.5. The Morgan fingerprint density at radius 1 is 1.29 bits per heavy atom. The van der Waals surface area contributed by atoms with Crippen LogP contribution in [0.4, 0.5) is 10.1 Å². The Balaban J connectivity index is 2.49. The largest absolute Gasteiger partial charge is 0.479 e. The van der Waals surface area contributed by atoms with Crippen molar-refractivity contribution in [1.29, 1.82) is 0 Å². The number of rotatable bonds is 5. The van der Waals surface area contributed by atoms with Crippen LogP contribution in [0.15, 0.2) is 53.0 Å². The lowest BCUT2D eigenvalue weighted by atomic mass is 9.86. The molecule has 2 N–H and O–H groups in total. The third kappa shape index (κ3) is 3.24. The summed E-state index contributed by atoms with van der Waals surface area (Å²) in [5.41, 5.74) is -0.335. The highest BCUT2D eigenvalue weighted by atomic mass is 79.9. The zero-order chi connectivity index (χ0) is 15.5. The zero-order valence-electron chi connectivity index (χ0n) is 11.4. The molecule has 5 heteroatoms. The molecule has 0 aromatic heterocycles. The molecule has 0 aliphatic rings. The zero-order valence-corrected chi connectivity index (χ0v) is 13.0. The molecule has 1 unspecified atom stereocenters. The van der Waals surface area contributed by atoms with E-state index in [2.05, 4.69) is 21.2 Å². The summed E-state index contributed by atoms with van der Waals surface area (Å²) < 4.78 is 14.3. The van der Waals surface area contributed by atoms with E-state index in [-0.39, 0.29) is 6.42 Å². The van der Waals surface area contributed by atoms with Crippen molar-refractivity contribution in [1.82, 2.24) is 0 Å². The van der Waals surface area contributed by atoms with E-state index in [0.717, 1.165) is 4.47 Å². The third-order valence-corrected chi connectivity index (χ3v) is 3.89. The highest BCUT2D eigenvalue weighted by molar-refractivity contribution is 9.10. The van der Waals surface area contributed by atoms with Crippen LogP contribution in [0.25, 0.3) is 0 Å². The van der Waals surface area contributed by atoms with Crippen LogP contribution >= 0.6 is 15.9 Å². The highest BCUT2D eigenvalue weighted by Crippen LogP contribution is 2.31. The van der Waals surface area contributed by atoms with Gasteiger partial charge >= 0.3 is 5.97 Å². The molecular formula is C16H15BrFNO2. The number of hydrogen-bond acceptors (Lipinski definition) is 2. The fourth-order valence-corrected chi connectivity index (χ4v) is 2.66. The van der Waals surface area contributed by atoms with E-state index in [1.807, 2.05) is 6.07 Å². The molecule has 21 heavy (non-hydrogen) atoms. The van der Waals surface area contributed by atoms with E-state index in [4.69, 9.17) is 0 Å². The molecular weight excluding hydrogens is 337 g/mol. The Morgan fingerprint density at radius 2 is 2.00 bits per heavy atom. The number of carbonyl (C=O) groups is 1. The minimum Gasteiger partial charge on any atom is -0.479 e. The van der Waals surface area contributed by atoms with Gasteiger partial charge in [0, 0.05) is 10.2 Å². The van der Waals surface area contributed by atoms with Gasteiger partial charge in [0.05, 0.1) is 0 Å². The monoisotopic (exact) mass is 351 g/mol. The van der Waals surface area contributed by atoms with E-state index >= 15 is 0 Å². The fraction of sp³-hybridized carbons (Fsp3) is 0.188. The molecule has 2 aromatic rings.